The quantitative estimate of drug-likeness (QED) is 0.809. The Hall–Kier alpha value is -2.44. The molecule has 2 saturated heterocycles. The van der Waals surface area contributed by atoms with Crippen molar-refractivity contribution in [3.05, 3.63) is 54.3 Å². The number of halogens is 1. The summed E-state index contributed by atoms with van der Waals surface area (Å²) in [6.07, 6.45) is 3.96. The predicted molar refractivity (Wildman–Crippen MR) is 110 cm³/mol. The van der Waals surface area contributed by atoms with Crippen LogP contribution in [0.1, 0.15) is 25.7 Å². The third kappa shape index (κ3) is 5.14. The lowest BCUT2D eigenvalue weighted by atomic mass is 9.93. The number of nitrogens with zero attached hydrogens (tertiary/aromatic N) is 1. The van der Waals surface area contributed by atoms with E-state index < -0.39 is 5.82 Å². The fourth-order valence-corrected chi connectivity index (χ4v) is 4.08. The molecule has 0 aliphatic carbocycles. The van der Waals surface area contributed by atoms with E-state index in [1.807, 2.05) is 0 Å². The van der Waals surface area contributed by atoms with E-state index >= 15 is 0 Å². The normalized spacial score (nSPS) is 19.1. The van der Waals surface area contributed by atoms with Crippen LogP contribution < -0.4 is 10.1 Å². The zero-order valence-electron chi connectivity index (χ0n) is 16.5. The van der Waals surface area contributed by atoms with Crippen molar-refractivity contribution < 1.29 is 18.7 Å². The van der Waals surface area contributed by atoms with Crippen LogP contribution in [-0.2, 0) is 9.53 Å². The van der Waals surface area contributed by atoms with Crippen LogP contribution in [-0.4, -0.2) is 43.2 Å². The van der Waals surface area contributed by atoms with Crippen molar-refractivity contribution in [1.29, 1.82) is 0 Å². The molecule has 0 bridgehead atoms. The molecule has 4 rings (SSSR count). The number of carbonyl (C=O) groups is 1. The summed E-state index contributed by atoms with van der Waals surface area (Å²) in [7, 11) is 0. The summed E-state index contributed by atoms with van der Waals surface area (Å²) in [5.74, 6) is 0.412. The van der Waals surface area contributed by atoms with Gasteiger partial charge in [0.05, 0.1) is 0 Å². The van der Waals surface area contributed by atoms with Gasteiger partial charge < -0.3 is 19.7 Å². The fourth-order valence-electron chi connectivity index (χ4n) is 4.08. The second-order valence-electron chi connectivity index (χ2n) is 7.70. The van der Waals surface area contributed by atoms with E-state index in [2.05, 4.69) is 10.2 Å². The molecule has 154 valence electrons. The number of para-hydroxylation sites is 1. The number of ether oxygens (including phenoxy) is 2. The van der Waals surface area contributed by atoms with E-state index in [0.29, 0.717) is 11.8 Å². The van der Waals surface area contributed by atoms with E-state index in [1.165, 1.54) is 6.07 Å². The summed E-state index contributed by atoms with van der Waals surface area (Å²) in [5, 5.41) is 3.00. The van der Waals surface area contributed by atoms with E-state index in [1.54, 1.807) is 42.5 Å². The molecule has 2 aromatic carbocycles. The van der Waals surface area contributed by atoms with Gasteiger partial charge in [-0.2, -0.15) is 0 Å². The molecule has 0 radical (unpaired) electrons. The first-order valence-corrected chi connectivity index (χ1v) is 10.3. The zero-order chi connectivity index (χ0) is 20.1. The van der Waals surface area contributed by atoms with Gasteiger partial charge in [-0.3, -0.25) is 4.79 Å². The molecule has 0 aromatic heterocycles. The Morgan fingerprint density at radius 2 is 1.69 bits per heavy atom. The number of likely N-dealkylation sites (tertiary alicyclic amines) is 1. The average Bonchev–Trinajstić information content (AvgIpc) is 2.77. The van der Waals surface area contributed by atoms with Crippen molar-refractivity contribution >= 4 is 11.6 Å². The van der Waals surface area contributed by atoms with Crippen LogP contribution in [0.25, 0.3) is 0 Å². The van der Waals surface area contributed by atoms with Crippen LogP contribution in [0.2, 0.25) is 0 Å². The minimum atomic E-state index is -0.406. The third-order valence-electron chi connectivity index (χ3n) is 5.79. The molecule has 0 atom stereocenters. The van der Waals surface area contributed by atoms with E-state index in [0.717, 1.165) is 57.7 Å². The number of piperidine rings is 1. The van der Waals surface area contributed by atoms with Gasteiger partial charge in [0.25, 0.3) is 0 Å². The van der Waals surface area contributed by atoms with Gasteiger partial charge in [-0.15, -0.1) is 0 Å². The summed E-state index contributed by atoms with van der Waals surface area (Å²) < 4.78 is 24.7. The Morgan fingerprint density at radius 3 is 2.38 bits per heavy atom. The average molecular weight is 398 g/mol. The Balaban J connectivity index is 1.27. The van der Waals surface area contributed by atoms with Crippen LogP contribution in [0.4, 0.5) is 10.1 Å². The van der Waals surface area contributed by atoms with Gasteiger partial charge in [-0.1, -0.05) is 12.1 Å². The molecule has 2 fully saturated rings. The summed E-state index contributed by atoms with van der Waals surface area (Å²) in [4.78, 5) is 15.2. The minimum Gasteiger partial charge on any atom is -0.454 e. The Morgan fingerprint density at radius 1 is 1.00 bits per heavy atom. The first-order chi connectivity index (χ1) is 14.2. The van der Waals surface area contributed by atoms with Gasteiger partial charge in [0.15, 0.2) is 11.6 Å². The number of benzene rings is 2. The Bertz CT molecular complexity index is 813. The molecule has 6 heteroatoms. The van der Waals surface area contributed by atoms with Crippen LogP contribution in [0.3, 0.4) is 0 Å². The van der Waals surface area contributed by atoms with Crippen LogP contribution in [0.5, 0.6) is 11.5 Å². The van der Waals surface area contributed by atoms with Crippen molar-refractivity contribution in [1.82, 2.24) is 4.90 Å². The van der Waals surface area contributed by atoms with E-state index in [4.69, 9.17) is 9.47 Å². The maximum Gasteiger partial charge on any atom is 0.227 e. The lowest BCUT2D eigenvalue weighted by molar-refractivity contribution is -0.121. The second kappa shape index (κ2) is 9.37. The number of anilines is 1. The van der Waals surface area contributed by atoms with Gasteiger partial charge in [0.1, 0.15) is 5.75 Å². The highest BCUT2D eigenvalue weighted by Gasteiger charge is 2.29. The van der Waals surface area contributed by atoms with Gasteiger partial charge in [-0.25, -0.2) is 4.39 Å². The lowest BCUT2D eigenvalue weighted by Crippen LogP contribution is -2.45. The van der Waals surface area contributed by atoms with Crippen LogP contribution in [0, 0.1) is 11.7 Å². The molecule has 5 nitrogen and oxygen atoms in total. The number of nitrogens with one attached hydrogen (secondary N) is 1. The number of hydrogen-bond donors (Lipinski definition) is 1. The smallest absolute Gasteiger partial charge is 0.227 e. The fraction of sp³-hybridized carbons (Fsp3) is 0.435. The van der Waals surface area contributed by atoms with Crippen molar-refractivity contribution in [2.45, 2.75) is 31.7 Å². The van der Waals surface area contributed by atoms with E-state index in [-0.39, 0.29) is 17.6 Å². The highest BCUT2D eigenvalue weighted by molar-refractivity contribution is 5.92. The molecule has 29 heavy (non-hydrogen) atoms. The number of amides is 1. The van der Waals surface area contributed by atoms with Gasteiger partial charge in [0.2, 0.25) is 5.91 Å². The second-order valence-corrected chi connectivity index (χ2v) is 7.70. The molecule has 0 spiro atoms. The van der Waals surface area contributed by atoms with Crippen LogP contribution >= 0.6 is 0 Å². The minimum absolute atomic E-state index is 0.0421. The monoisotopic (exact) mass is 398 g/mol. The molecule has 0 saturated carbocycles. The predicted octanol–water partition coefficient (Wildman–Crippen LogP) is 4.45. The van der Waals surface area contributed by atoms with Gasteiger partial charge >= 0.3 is 0 Å². The Labute approximate surface area is 170 Å². The molecular formula is C23H27FN2O3. The molecule has 1 amide bonds. The molecular weight excluding hydrogens is 371 g/mol. The molecule has 2 aliphatic rings. The number of hydrogen-bond acceptors (Lipinski definition) is 4. The molecule has 0 unspecified atom stereocenters. The standard InChI is InChI=1S/C23H27FN2O3/c24-21-3-1-2-4-22(21)29-20-7-5-18(6-8-20)25-23(27)17-9-13-26(14-10-17)19-11-15-28-16-12-19/h1-8,17,19H,9-16H2,(H,25,27). The lowest BCUT2D eigenvalue weighted by Gasteiger charge is -2.38. The van der Waals surface area contributed by atoms with Crippen molar-refractivity contribution in [2.75, 3.05) is 31.6 Å². The summed E-state index contributed by atoms with van der Waals surface area (Å²) in [6.45, 7) is 3.64. The Kier molecular flexibility index (Phi) is 6.42. The molecule has 1 N–H and O–H groups in total. The highest BCUT2D eigenvalue weighted by atomic mass is 19.1. The van der Waals surface area contributed by atoms with E-state index in [9.17, 15) is 9.18 Å². The largest absolute Gasteiger partial charge is 0.454 e. The molecule has 2 aliphatic heterocycles. The van der Waals surface area contributed by atoms with Crippen LogP contribution in [0.15, 0.2) is 48.5 Å². The van der Waals surface area contributed by atoms with Gasteiger partial charge in [-0.05, 0) is 75.2 Å². The van der Waals surface area contributed by atoms with Crippen molar-refractivity contribution in [3.8, 4) is 11.5 Å². The summed E-state index contributed by atoms with van der Waals surface area (Å²) in [5.41, 5.74) is 0.725. The number of rotatable bonds is 5. The summed E-state index contributed by atoms with van der Waals surface area (Å²) >= 11 is 0. The highest BCUT2D eigenvalue weighted by Crippen LogP contribution is 2.27. The van der Waals surface area contributed by atoms with Gasteiger partial charge in [0, 0.05) is 30.9 Å². The third-order valence-corrected chi connectivity index (χ3v) is 5.79. The van der Waals surface area contributed by atoms with Crippen molar-refractivity contribution in [3.63, 3.8) is 0 Å². The molecule has 2 heterocycles. The maximum atomic E-state index is 13.7. The zero-order valence-corrected chi connectivity index (χ0v) is 16.5. The first kappa shape index (κ1) is 19.9. The molecule has 2 aromatic rings. The van der Waals surface area contributed by atoms with Crippen molar-refractivity contribution in [2.24, 2.45) is 5.92 Å². The SMILES string of the molecule is O=C(Nc1ccc(Oc2ccccc2F)cc1)C1CCN(C2CCOCC2)CC1. The maximum absolute atomic E-state index is 13.7. The topological polar surface area (TPSA) is 50.8 Å². The number of carbonyl (C=O) groups excluding carboxylic acids is 1. The first-order valence-electron chi connectivity index (χ1n) is 10.3. The summed E-state index contributed by atoms with van der Waals surface area (Å²) in [6, 6.07) is 13.9.